The van der Waals surface area contributed by atoms with Gasteiger partial charge in [-0.15, -0.1) is 0 Å². The number of nitrogens with one attached hydrogen (secondary N) is 1. The summed E-state index contributed by atoms with van der Waals surface area (Å²) >= 11 is 6.37. The lowest BCUT2D eigenvalue weighted by Gasteiger charge is -2.09. The predicted octanol–water partition coefficient (Wildman–Crippen LogP) is 3.12. The first kappa shape index (κ1) is 15.7. The Morgan fingerprint density at radius 3 is 2.48 bits per heavy atom. The number of benzene rings is 1. The number of hydrogen-bond acceptors (Lipinski definition) is 6. The average molecular weight is 348 g/mol. The number of aryl methyl sites for hydroxylation is 2. The minimum atomic E-state index is -3.96. The van der Waals surface area contributed by atoms with Crippen LogP contribution in [0, 0.1) is 24.0 Å². The van der Waals surface area contributed by atoms with Crippen LogP contribution in [0.2, 0.25) is 4.47 Å². The highest BCUT2D eigenvalue weighted by atomic mass is 35.5. The van der Waals surface area contributed by atoms with Gasteiger partial charge >= 0.3 is 0 Å². The number of anilines is 1. The van der Waals surface area contributed by atoms with Gasteiger partial charge in [-0.05, 0) is 31.0 Å². The van der Waals surface area contributed by atoms with Crippen molar-refractivity contribution in [1.29, 1.82) is 0 Å². The molecule has 10 heteroatoms. The minimum absolute atomic E-state index is 0.0740. The lowest BCUT2D eigenvalue weighted by atomic mass is 10.1. The van der Waals surface area contributed by atoms with Crippen molar-refractivity contribution in [1.82, 2.24) is 4.98 Å². The first-order chi connectivity index (χ1) is 9.70. The molecule has 0 fully saturated rings. The standard InChI is InChI=1S/C11H10ClN3O4S2/c1-6-3-8(9(15(16)17)4-7(6)2)14-21(18,19)10-5-13-11(12)20-10/h3-5,14H,1-2H3. The summed E-state index contributed by atoms with van der Waals surface area (Å²) in [6.45, 7) is 3.45. The Labute approximate surface area is 129 Å². The zero-order chi connectivity index (χ0) is 15.8. The molecule has 7 nitrogen and oxygen atoms in total. The van der Waals surface area contributed by atoms with Crippen molar-refractivity contribution in [3.8, 4) is 0 Å². The molecule has 0 aliphatic rings. The van der Waals surface area contributed by atoms with Gasteiger partial charge in [0.15, 0.2) is 8.68 Å². The van der Waals surface area contributed by atoms with Crippen LogP contribution in [-0.4, -0.2) is 18.3 Å². The minimum Gasteiger partial charge on any atom is -0.272 e. The molecule has 0 unspecified atom stereocenters. The summed E-state index contributed by atoms with van der Waals surface area (Å²) in [5.74, 6) is 0. The third-order valence-corrected chi connectivity index (χ3v) is 5.72. The normalized spacial score (nSPS) is 11.4. The molecule has 1 heterocycles. The van der Waals surface area contributed by atoms with E-state index in [1.165, 1.54) is 12.1 Å². The molecule has 21 heavy (non-hydrogen) atoms. The maximum Gasteiger partial charge on any atom is 0.293 e. The fraction of sp³-hybridized carbons (Fsp3) is 0.182. The number of nitro benzene ring substituents is 1. The van der Waals surface area contributed by atoms with Crippen LogP contribution in [-0.2, 0) is 10.0 Å². The van der Waals surface area contributed by atoms with Gasteiger partial charge in [-0.3, -0.25) is 14.8 Å². The van der Waals surface area contributed by atoms with Crippen molar-refractivity contribution >= 4 is 44.3 Å². The zero-order valence-electron chi connectivity index (χ0n) is 11.0. The summed E-state index contributed by atoms with van der Waals surface area (Å²) < 4.78 is 26.5. The van der Waals surface area contributed by atoms with Crippen LogP contribution in [0.1, 0.15) is 11.1 Å². The van der Waals surface area contributed by atoms with E-state index in [1.54, 1.807) is 13.8 Å². The number of halogens is 1. The SMILES string of the molecule is Cc1cc(NS(=O)(=O)c2cnc(Cl)s2)c([N+](=O)[O-])cc1C. The quantitative estimate of drug-likeness (QED) is 0.676. The van der Waals surface area contributed by atoms with Gasteiger partial charge in [-0.1, -0.05) is 22.9 Å². The van der Waals surface area contributed by atoms with Gasteiger partial charge in [0.05, 0.1) is 11.1 Å². The molecule has 1 aromatic carbocycles. The number of rotatable bonds is 4. The molecule has 0 spiro atoms. The lowest BCUT2D eigenvalue weighted by molar-refractivity contribution is -0.383. The van der Waals surface area contributed by atoms with E-state index < -0.39 is 14.9 Å². The molecule has 2 rings (SSSR count). The number of nitro groups is 1. The van der Waals surface area contributed by atoms with E-state index in [-0.39, 0.29) is 20.1 Å². The largest absolute Gasteiger partial charge is 0.293 e. The van der Waals surface area contributed by atoms with E-state index in [0.717, 1.165) is 23.1 Å². The van der Waals surface area contributed by atoms with Crippen molar-refractivity contribution < 1.29 is 13.3 Å². The molecule has 2 aromatic rings. The van der Waals surface area contributed by atoms with Crippen molar-refractivity contribution in [3.05, 3.63) is 44.0 Å². The molecule has 0 saturated carbocycles. The highest BCUT2D eigenvalue weighted by Crippen LogP contribution is 2.31. The number of thiazole rings is 1. The van der Waals surface area contributed by atoms with Gasteiger partial charge in [-0.25, -0.2) is 13.4 Å². The number of sulfonamides is 1. The second kappa shape index (κ2) is 5.58. The number of nitrogens with zero attached hydrogens (tertiary/aromatic N) is 2. The monoisotopic (exact) mass is 347 g/mol. The van der Waals surface area contributed by atoms with Crippen molar-refractivity contribution in [2.24, 2.45) is 0 Å². The van der Waals surface area contributed by atoms with E-state index in [4.69, 9.17) is 11.6 Å². The van der Waals surface area contributed by atoms with Crippen LogP contribution >= 0.6 is 22.9 Å². The maximum atomic E-state index is 12.2. The summed E-state index contributed by atoms with van der Waals surface area (Å²) in [6.07, 6.45) is 1.10. The Bertz CT molecular complexity index is 817. The molecule has 0 bridgehead atoms. The summed E-state index contributed by atoms with van der Waals surface area (Å²) in [6, 6.07) is 2.75. The highest BCUT2D eigenvalue weighted by molar-refractivity contribution is 7.94. The van der Waals surface area contributed by atoms with Gasteiger partial charge in [0, 0.05) is 6.07 Å². The second-order valence-corrected chi connectivity index (χ2v) is 7.77. The third kappa shape index (κ3) is 3.31. The van der Waals surface area contributed by atoms with E-state index in [9.17, 15) is 18.5 Å². The van der Waals surface area contributed by atoms with Gasteiger partial charge in [0.25, 0.3) is 15.7 Å². The molecule has 0 saturated heterocycles. The average Bonchev–Trinajstić information content (AvgIpc) is 2.80. The predicted molar refractivity (Wildman–Crippen MR) is 80.5 cm³/mol. The Morgan fingerprint density at radius 2 is 1.95 bits per heavy atom. The van der Waals surface area contributed by atoms with Crippen LogP contribution < -0.4 is 4.72 Å². The smallest absolute Gasteiger partial charge is 0.272 e. The molecule has 0 aliphatic carbocycles. The Hall–Kier alpha value is -1.71. The molecule has 1 N–H and O–H groups in total. The van der Waals surface area contributed by atoms with Crippen LogP contribution in [0.4, 0.5) is 11.4 Å². The van der Waals surface area contributed by atoms with Crippen LogP contribution in [0.3, 0.4) is 0 Å². The molecule has 0 radical (unpaired) electrons. The van der Waals surface area contributed by atoms with Gasteiger partial charge in [0.2, 0.25) is 0 Å². The summed E-state index contributed by atoms with van der Waals surface area (Å²) in [7, 11) is -3.96. The van der Waals surface area contributed by atoms with Gasteiger partial charge in [0.1, 0.15) is 5.69 Å². The van der Waals surface area contributed by atoms with Crippen LogP contribution in [0.5, 0.6) is 0 Å². The Kier molecular flexibility index (Phi) is 4.17. The van der Waals surface area contributed by atoms with Crippen molar-refractivity contribution in [2.75, 3.05) is 4.72 Å². The molecule has 0 aliphatic heterocycles. The molecule has 112 valence electrons. The lowest BCUT2D eigenvalue weighted by Crippen LogP contribution is -2.13. The van der Waals surface area contributed by atoms with Gasteiger partial charge < -0.3 is 0 Å². The first-order valence-electron chi connectivity index (χ1n) is 5.60. The summed E-state index contributed by atoms with van der Waals surface area (Å²) in [4.78, 5) is 14.1. The number of hydrogen-bond donors (Lipinski definition) is 1. The maximum absolute atomic E-state index is 12.2. The highest BCUT2D eigenvalue weighted by Gasteiger charge is 2.23. The van der Waals surface area contributed by atoms with E-state index in [0.29, 0.717) is 5.56 Å². The molecular weight excluding hydrogens is 338 g/mol. The van der Waals surface area contributed by atoms with Crippen molar-refractivity contribution in [3.63, 3.8) is 0 Å². The third-order valence-electron chi connectivity index (χ3n) is 2.77. The summed E-state index contributed by atoms with van der Waals surface area (Å²) in [5.41, 5.74) is 1.04. The Morgan fingerprint density at radius 1 is 1.33 bits per heavy atom. The van der Waals surface area contributed by atoms with Crippen LogP contribution in [0.25, 0.3) is 0 Å². The first-order valence-corrected chi connectivity index (χ1v) is 8.28. The molecule has 0 amide bonds. The van der Waals surface area contributed by atoms with Gasteiger partial charge in [-0.2, -0.15) is 0 Å². The second-order valence-electron chi connectivity index (χ2n) is 4.25. The van der Waals surface area contributed by atoms with Crippen LogP contribution in [0.15, 0.2) is 22.5 Å². The fourth-order valence-corrected chi connectivity index (χ4v) is 3.95. The zero-order valence-corrected chi connectivity index (χ0v) is 13.3. The molecule has 1 aromatic heterocycles. The van der Waals surface area contributed by atoms with Crippen molar-refractivity contribution in [2.45, 2.75) is 18.1 Å². The topological polar surface area (TPSA) is 102 Å². The Balaban J connectivity index is 2.48. The van der Waals surface area contributed by atoms with E-state index in [1.807, 2.05) is 0 Å². The fourth-order valence-electron chi connectivity index (χ4n) is 1.59. The van der Waals surface area contributed by atoms with E-state index in [2.05, 4.69) is 9.71 Å². The van der Waals surface area contributed by atoms with E-state index >= 15 is 0 Å². The molecular formula is C11H10ClN3O4S2. The summed E-state index contributed by atoms with van der Waals surface area (Å²) in [5, 5.41) is 11.1. The molecule has 0 atom stereocenters. The number of aromatic nitrogens is 1.